The Labute approximate surface area is 145 Å². The van der Waals surface area contributed by atoms with Crippen molar-refractivity contribution in [3.63, 3.8) is 0 Å². The van der Waals surface area contributed by atoms with Crippen LogP contribution in [0.4, 0.5) is 5.82 Å². The fourth-order valence-electron chi connectivity index (χ4n) is 3.77. The second-order valence-electron chi connectivity index (χ2n) is 6.61. The Morgan fingerprint density at radius 2 is 2.04 bits per heavy atom. The van der Waals surface area contributed by atoms with Crippen molar-refractivity contribution in [1.82, 2.24) is 29.7 Å². The van der Waals surface area contributed by atoms with Crippen molar-refractivity contribution in [2.75, 3.05) is 4.90 Å². The van der Waals surface area contributed by atoms with Gasteiger partial charge in [0.05, 0.1) is 12.2 Å². The molecule has 2 aliphatic rings. The van der Waals surface area contributed by atoms with E-state index in [-0.39, 0.29) is 6.04 Å². The van der Waals surface area contributed by atoms with Crippen molar-refractivity contribution in [1.29, 1.82) is 0 Å². The summed E-state index contributed by atoms with van der Waals surface area (Å²) >= 11 is 0. The quantitative estimate of drug-likeness (QED) is 0.734. The van der Waals surface area contributed by atoms with E-state index < -0.39 is 0 Å². The monoisotopic (exact) mass is 333 g/mol. The van der Waals surface area contributed by atoms with Gasteiger partial charge in [-0.1, -0.05) is 6.92 Å². The van der Waals surface area contributed by atoms with Gasteiger partial charge in [0.25, 0.3) is 0 Å². The number of hydrogen-bond donors (Lipinski definition) is 0. The molecule has 126 valence electrons. The summed E-state index contributed by atoms with van der Waals surface area (Å²) in [5.74, 6) is 2.71. The maximum Gasteiger partial charge on any atom is 0.161 e. The van der Waals surface area contributed by atoms with Crippen molar-refractivity contribution in [3.8, 4) is 17.1 Å². The van der Waals surface area contributed by atoms with Crippen LogP contribution in [0.3, 0.4) is 0 Å². The second-order valence-corrected chi connectivity index (χ2v) is 6.61. The molecule has 0 bridgehead atoms. The molecule has 0 saturated heterocycles. The minimum atomic E-state index is 0.209. The average molecular weight is 333 g/mol. The third-order valence-corrected chi connectivity index (χ3v) is 5.26. The van der Waals surface area contributed by atoms with E-state index in [1.54, 1.807) is 18.7 Å². The molecule has 0 spiro atoms. The van der Waals surface area contributed by atoms with Gasteiger partial charge in [0.2, 0.25) is 0 Å². The minimum absolute atomic E-state index is 0.209. The number of rotatable bonds is 3. The van der Waals surface area contributed by atoms with Crippen LogP contribution in [0.1, 0.15) is 44.5 Å². The summed E-state index contributed by atoms with van der Waals surface area (Å²) in [6, 6.07) is 4.62. The van der Waals surface area contributed by atoms with Crippen molar-refractivity contribution < 1.29 is 0 Å². The van der Waals surface area contributed by atoms with Gasteiger partial charge in [-0.2, -0.15) is 0 Å². The molecule has 3 aromatic rings. The highest BCUT2D eigenvalue weighted by molar-refractivity contribution is 5.66. The van der Waals surface area contributed by atoms with Crippen LogP contribution >= 0.6 is 0 Å². The third-order valence-electron chi connectivity index (χ3n) is 5.26. The van der Waals surface area contributed by atoms with Gasteiger partial charge in [0.15, 0.2) is 17.5 Å². The summed E-state index contributed by atoms with van der Waals surface area (Å²) in [4.78, 5) is 16.1. The molecule has 0 radical (unpaired) electrons. The highest BCUT2D eigenvalue weighted by Crippen LogP contribution is 2.43. The predicted octanol–water partition coefficient (Wildman–Crippen LogP) is 2.94. The molecule has 7 nitrogen and oxygen atoms in total. The van der Waals surface area contributed by atoms with E-state index in [2.05, 4.69) is 32.0 Å². The van der Waals surface area contributed by atoms with E-state index in [0.717, 1.165) is 35.1 Å². The lowest BCUT2D eigenvalue weighted by atomic mass is 9.89. The molecule has 1 unspecified atom stereocenters. The first-order valence-electron chi connectivity index (χ1n) is 8.83. The van der Waals surface area contributed by atoms with Gasteiger partial charge in [0, 0.05) is 24.0 Å². The topological polar surface area (TPSA) is 72.6 Å². The zero-order chi connectivity index (χ0) is 16.8. The summed E-state index contributed by atoms with van der Waals surface area (Å²) in [6.45, 7) is 2.20. The molecule has 1 aliphatic heterocycles. The minimum Gasteiger partial charge on any atom is -0.342 e. The summed E-state index contributed by atoms with van der Waals surface area (Å²) in [7, 11) is 0. The van der Waals surface area contributed by atoms with Crippen molar-refractivity contribution in [2.45, 2.75) is 44.7 Å². The van der Waals surface area contributed by atoms with Gasteiger partial charge in [-0.05, 0) is 37.8 Å². The Morgan fingerprint density at radius 1 is 1.20 bits per heavy atom. The van der Waals surface area contributed by atoms with Gasteiger partial charge in [-0.25, -0.2) is 9.97 Å². The lowest BCUT2D eigenvalue weighted by molar-refractivity contribution is 0.342. The molecule has 5 rings (SSSR count). The molecule has 0 N–H and O–H groups in total. The molecule has 0 aromatic carbocycles. The predicted molar refractivity (Wildman–Crippen MR) is 93.3 cm³/mol. The molecular formula is C18H19N7. The Balaban J connectivity index is 1.70. The Kier molecular flexibility index (Phi) is 3.26. The summed E-state index contributed by atoms with van der Waals surface area (Å²) in [5, 5.41) is 8.53. The Morgan fingerprint density at radius 3 is 2.76 bits per heavy atom. The third kappa shape index (κ3) is 2.15. The molecule has 25 heavy (non-hydrogen) atoms. The molecule has 3 aromatic heterocycles. The Bertz CT molecular complexity index is 901. The van der Waals surface area contributed by atoms with Gasteiger partial charge >= 0.3 is 0 Å². The zero-order valence-electron chi connectivity index (χ0n) is 14.1. The molecule has 4 heterocycles. The fraction of sp³-hybridized carbons (Fsp3) is 0.389. The number of hydrogen-bond acceptors (Lipinski definition) is 6. The number of anilines is 1. The van der Waals surface area contributed by atoms with E-state index in [0.29, 0.717) is 6.04 Å². The van der Waals surface area contributed by atoms with Crippen LogP contribution in [-0.4, -0.2) is 35.8 Å². The first-order valence-corrected chi connectivity index (χ1v) is 8.83. The standard InChI is InChI=1S/C18H19N7/c1-2-14-18-23-21-11-24(18)15-10-20-16(12-6-8-19-9-7-12)22-17(15)25(14)13-4-3-5-13/h6-11,13-14H,2-5H2,1H3. The largest absolute Gasteiger partial charge is 0.342 e. The average Bonchev–Trinajstić information content (AvgIpc) is 3.10. The first-order chi connectivity index (χ1) is 12.4. The molecular weight excluding hydrogens is 314 g/mol. The van der Waals surface area contributed by atoms with E-state index in [1.807, 2.05) is 22.9 Å². The maximum atomic E-state index is 4.96. The molecule has 0 amide bonds. The van der Waals surface area contributed by atoms with Gasteiger partial charge in [-0.3, -0.25) is 9.55 Å². The van der Waals surface area contributed by atoms with Crippen molar-refractivity contribution in [3.05, 3.63) is 42.9 Å². The van der Waals surface area contributed by atoms with Gasteiger partial charge in [0.1, 0.15) is 12.0 Å². The molecule has 1 atom stereocenters. The maximum absolute atomic E-state index is 4.96. The lowest BCUT2D eigenvalue weighted by Gasteiger charge is -2.45. The highest BCUT2D eigenvalue weighted by Gasteiger charge is 2.39. The van der Waals surface area contributed by atoms with E-state index in [1.165, 1.54) is 19.3 Å². The van der Waals surface area contributed by atoms with E-state index in [4.69, 9.17) is 4.98 Å². The van der Waals surface area contributed by atoms with Crippen LogP contribution < -0.4 is 4.90 Å². The number of aromatic nitrogens is 6. The normalized spacial score (nSPS) is 19.2. The molecule has 1 saturated carbocycles. The number of fused-ring (bicyclic) bond motifs is 3. The molecule has 1 fully saturated rings. The second kappa shape index (κ2) is 5.61. The smallest absolute Gasteiger partial charge is 0.161 e. The van der Waals surface area contributed by atoms with Crippen LogP contribution in [-0.2, 0) is 0 Å². The van der Waals surface area contributed by atoms with E-state index >= 15 is 0 Å². The Hall–Kier alpha value is -2.83. The van der Waals surface area contributed by atoms with E-state index in [9.17, 15) is 0 Å². The zero-order valence-corrected chi connectivity index (χ0v) is 14.1. The summed E-state index contributed by atoms with van der Waals surface area (Å²) < 4.78 is 2.04. The SMILES string of the molecule is CCC1c2nncn2-c2cnc(-c3ccncc3)nc2N1C1CCC1. The lowest BCUT2D eigenvalue weighted by Crippen LogP contribution is -2.46. The number of pyridine rings is 1. The molecule has 7 heteroatoms. The van der Waals surface area contributed by atoms with Crippen LogP contribution in [0.25, 0.3) is 17.1 Å². The first kappa shape index (κ1) is 14.5. The van der Waals surface area contributed by atoms with Crippen LogP contribution in [0.2, 0.25) is 0 Å². The van der Waals surface area contributed by atoms with Crippen molar-refractivity contribution in [2.24, 2.45) is 0 Å². The summed E-state index contributed by atoms with van der Waals surface area (Å²) in [5.41, 5.74) is 1.95. The van der Waals surface area contributed by atoms with Crippen LogP contribution in [0.5, 0.6) is 0 Å². The summed E-state index contributed by atoms with van der Waals surface area (Å²) in [6.07, 6.45) is 11.9. The van der Waals surface area contributed by atoms with Gasteiger partial charge < -0.3 is 4.90 Å². The highest BCUT2D eigenvalue weighted by atomic mass is 15.4. The van der Waals surface area contributed by atoms with Crippen LogP contribution in [0.15, 0.2) is 37.1 Å². The fourth-order valence-corrected chi connectivity index (χ4v) is 3.77. The van der Waals surface area contributed by atoms with Crippen molar-refractivity contribution >= 4 is 5.82 Å². The van der Waals surface area contributed by atoms with Gasteiger partial charge in [-0.15, -0.1) is 10.2 Å². The molecule has 1 aliphatic carbocycles. The van der Waals surface area contributed by atoms with Crippen LogP contribution in [0, 0.1) is 0 Å². The number of nitrogens with zero attached hydrogens (tertiary/aromatic N) is 7.